The fourth-order valence-electron chi connectivity index (χ4n) is 3.67. The molecule has 0 spiro atoms. The van der Waals surface area contributed by atoms with Crippen LogP contribution in [0.25, 0.3) is 0 Å². The molecule has 0 bridgehead atoms. The van der Waals surface area contributed by atoms with Crippen LogP contribution in [0.4, 0.5) is 5.69 Å². The molecule has 2 aliphatic rings. The van der Waals surface area contributed by atoms with E-state index < -0.39 is 6.10 Å². The number of nitrogens with zero attached hydrogens (tertiary/aromatic N) is 2. The molecule has 0 radical (unpaired) electrons. The first-order valence-electron chi connectivity index (χ1n) is 8.11. The standard InChI is InChI=1S/C17H25ClN2O/c1-13(21)16-7-6-15(12-17(16)18)20-10-8-19(9-11-20)14-4-2-3-5-14/h6-7,12-14,21H,2-5,8-11H2,1H3. The largest absolute Gasteiger partial charge is 0.389 e. The summed E-state index contributed by atoms with van der Waals surface area (Å²) in [6, 6.07) is 6.85. The summed E-state index contributed by atoms with van der Waals surface area (Å²) in [6.45, 7) is 6.20. The number of hydrogen-bond acceptors (Lipinski definition) is 3. The Hall–Kier alpha value is -0.770. The van der Waals surface area contributed by atoms with E-state index in [9.17, 15) is 5.11 Å². The lowest BCUT2D eigenvalue weighted by atomic mass is 10.1. The lowest BCUT2D eigenvalue weighted by molar-refractivity contribution is 0.187. The summed E-state index contributed by atoms with van der Waals surface area (Å²) < 4.78 is 0. The van der Waals surface area contributed by atoms with Crippen molar-refractivity contribution in [1.82, 2.24) is 4.90 Å². The molecule has 1 heterocycles. The second-order valence-electron chi connectivity index (χ2n) is 6.34. The molecule has 21 heavy (non-hydrogen) atoms. The fourth-order valence-corrected chi connectivity index (χ4v) is 4.00. The van der Waals surface area contributed by atoms with Gasteiger partial charge in [-0.2, -0.15) is 0 Å². The van der Waals surface area contributed by atoms with E-state index in [2.05, 4.69) is 15.9 Å². The second kappa shape index (κ2) is 6.55. The maximum absolute atomic E-state index is 9.66. The van der Waals surface area contributed by atoms with Crippen molar-refractivity contribution in [2.24, 2.45) is 0 Å². The van der Waals surface area contributed by atoms with Gasteiger partial charge in [-0.15, -0.1) is 0 Å². The zero-order valence-electron chi connectivity index (χ0n) is 12.8. The molecule has 1 unspecified atom stereocenters. The quantitative estimate of drug-likeness (QED) is 0.926. The van der Waals surface area contributed by atoms with Crippen molar-refractivity contribution < 1.29 is 5.11 Å². The van der Waals surface area contributed by atoms with Gasteiger partial charge in [-0.25, -0.2) is 0 Å². The molecule has 1 N–H and O–H groups in total. The van der Waals surface area contributed by atoms with Crippen LogP contribution in [0.15, 0.2) is 18.2 Å². The normalized spacial score (nSPS) is 22.7. The first kappa shape index (κ1) is 15.1. The molecule has 1 aromatic rings. The van der Waals surface area contributed by atoms with Crippen molar-refractivity contribution in [2.75, 3.05) is 31.1 Å². The van der Waals surface area contributed by atoms with E-state index in [1.807, 2.05) is 12.1 Å². The highest BCUT2D eigenvalue weighted by atomic mass is 35.5. The number of halogens is 1. The minimum Gasteiger partial charge on any atom is -0.389 e. The van der Waals surface area contributed by atoms with Gasteiger partial charge in [-0.3, -0.25) is 4.90 Å². The van der Waals surface area contributed by atoms with Gasteiger partial charge < -0.3 is 10.0 Å². The van der Waals surface area contributed by atoms with Crippen LogP contribution in [0.2, 0.25) is 5.02 Å². The SMILES string of the molecule is CC(O)c1ccc(N2CCN(C3CCCC3)CC2)cc1Cl. The maximum atomic E-state index is 9.66. The van der Waals surface area contributed by atoms with Crippen LogP contribution in [-0.2, 0) is 0 Å². The van der Waals surface area contributed by atoms with Crippen molar-refractivity contribution in [1.29, 1.82) is 0 Å². The molecular formula is C17H25ClN2O. The van der Waals surface area contributed by atoms with Crippen LogP contribution >= 0.6 is 11.6 Å². The van der Waals surface area contributed by atoms with E-state index in [0.29, 0.717) is 5.02 Å². The van der Waals surface area contributed by atoms with Crippen LogP contribution in [0.1, 0.15) is 44.3 Å². The van der Waals surface area contributed by atoms with Crippen LogP contribution in [-0.4, -0.2) is 42.2 Å². The molecule has 3 nitrogen and oxygen atoms in total. The van der Waals surface area contributed by atoms with Gasteiger partial charge in [0.1, 0.15) is 0 Å². The Morgan fingerprint density at radius 3 is 2.38 bits per heavy atom. The summed E-state index contributed by atoms with van der Waals surface area (Å²) in [6.07, 6.45) is 5.07. The van der Waals surface area contributed by atoms with E-state index in [1.54, 1.807) is 6.92 Å². The Balaban J connectivity index is 1.62. The van der Waals surface area contributed by atoms with Crippen LogP contribution in [0, 0.1) is 0 Å². The monoisotopic (exact) mass is 308 g/mol. The molecule has 116 valence electrons. The average molecular weight is 309 g/mol. The predicted octanol–water partition coefficient (Wildman–Crippen LogP) is 3.46. The molecule has 0 amide bonds. The van der Waals surface area contributed by atoms with E-state index in [1.165, 1.54) is 31.4 Å². The Morgan fingerprint density at radius 2 is 1.81 bits per heavy atom. The van der Waals surface area contributed by atoms with E-state index in [-0.39, 0.29) is 0 Å². The molecule has 2 fully saturated rings. The number of hydrogen-bond donors (Lipinski definition) is 1. The van der Waals surface area contributed by atoms with Crippen LogP contribution in [0.5, 0.6) is 0 Å². The number of benzene rings is 1. The van der Waals surface area contributed by atoms with Crippen molar-refractivity contribution >= 4 is 17.3 Å². The van der Waals surface area contributed by atoms with Gasteiger partial charge in [-0.1, -0.05) is 30.5 Å². The van der Waals surface area contributed by atoms with Gasteiger partial charge in [0.25, 0.3) is 0 Å². The lowest BCUT2D eigenvalue weighted by Crippen LogP contribution is -2.49. The highest BCUT2D eigenvalue weighted by Gasteiger charge is 2.26. The molecular weight excluding hydrogens is 284 g/mol. The maximum Gasteiger partial charge on any atom is 0.0776 e. The van der Waals surface area contributed by atoms with E-state index in [0.717, 1.165) is 37.8 Å². The fraction of sp³-hybridized carbons (Fsp3) is 0.647. The zero-order valence-corrected chi connectivity index (χ0v) is 13.5. The molecule has 4 heteroatoms. The number of piperazine rings is 1. The Bertz CT molecular complexity index is 478. The highest BCUT2D eigenvalue weighted by Crippen LogP contribution is 2.29. The van der Waals surface area contributed by atoms with Gasteiger partial charge in [0, 0.05) is 42.9 Å². The molecule has 1 aliphatic heterocycles. The van der Waals surface area contributed by atoms with Gasteiger partial charge >= 0.3 is 0 Å². The predicted molar refractivity (Wildman–Crippen MR) is 88.1 cm³/mol. The first-order chi connectivity index (χ1) is 10.1. The summed E-state index contributed by atoms with van der Waals surface area (Å²) in [7, 11) is 0. The summed E-state index contributed by atoms with van der Waals surface area (Å²) in [5.41, 5.74) is 1.99. The molecule has 3 rings (SSSR count). The number of aliphatic hydroxyl groups is 1. The topological polar surface area (TPSA) is 26.7 Å². The summed E-state index contributed by atoms with van der Waals surface area (Å²) in [4.78, 5) is 5.07. The average Bonchev–Trinajstić information content (AvgIpc) is 3.01. The third-order valence-corrected chi connectivity index (χ3v) is 5.28. The summed E-state index contributed by atoms with van der Waals surface area (Å²) >= 11 is 6.28. The third-order valence-electron chi connectivity index (χ3n) is 4.95. The summed E-state index contributed by atoms with van der Waals surface area (Å²) in [5, 5.41) is 10.3. The molecule has 1 saturated heterocycles. The molecule has 1 aromatic carbocycles. The zero-order chi connectivity index (χ0) is 14.8. The lowest BCUT2D eigenvalue weighted by Gasteiger charge is -2.39. The molecule has 0 aromatic heterocycles. The number of anilines is 1. The van der Waals surface area contributed by atoms with Crippen molar-refractivity contribution in [3.05, 3.63) is 28.8 Å². The van der Waals surface area contributed by atoms with Gasteiger partial charge in [0.05, 0.1) is 6.10 Å². The minimum absolute atomic E-state index is 0.509. The molecule has 1 saturated carbocycles. The smallest absolute Gasteiger partial charge is 0.0776 e. The number of rotatable bonds is 3. The molecule has 1 aliphatic carbocycles. The van der Waals surface area contributed by atoms with Crippen LogP contribution < -0.4 is 4.90 Å². The highest BCUT2D eigenvalue weighted by molar-refractivity contribution is 6.31. The molecule has 1 atom stereocenters. The summed E-state index contributed by atoms with van der Waals surface area (Å²) in [5.74, 6) is 0. The Labute approximate surface area is 132 Å². The van der Waals surface area contributed by atoms with Crippen molar-refractivity contribution in [3.63, 3.8) is 0 Å². The van der Waals surface area contributed by atoms with Gasteiger partial charge in [0.15, 0.2) is 0 Å². The first-order valence-corrected chi connectivity index (χ1v) is 8.49. The Kier molecular flexibility index (Phi) is 4.72. The third kappa shape index (κ3) is 3.36. The van der Waals surface area contributed by atoms with E-state index in [4.69, 9.17) is 11.6 Å². The van der Waals surface area contributed by atoms with Crippen molar-refractivity contribution in [3.8, 4) is 0 Å². The second-order valence-corrected chi connectivity index (χ2v) is 6.75. The van der Waals surface area contributed by atoms with E-state index >= 15 is 0 Å². The van der Waals surface area contributed by atoms with Crippen molar-refractivity contribution in [2.45, 2.75) is 44.8 Å². The minimum atomic E-state index is -0.509. The number of aliphatic hydroxyl groups excluding tert-OH is 1. The van der Waals surface area contributed by atoms with Crippen LogP contribution in [0.3, 0.4) is 0 Å². The van der Waals surface area contributed by atoms with Gasteiger partial charge in [-0.05, 0) is 37.5 Å². The Morgan fingerprint density at radius 1 is 1.14 bits per heavy atom. The van der Waals surface area contributed by atoms with Gasteiger partial charge in [0.2, 0.25) is 0 Å².